The van der Waals surface area contributed by atoms with Gasteiger partial charge in [0.05, 0.1) is 6.20 Å². The highest BCUT2D eigenvalue weighted by molar-refractivity contribution is 5.90. The number of carbonyl (C=O) groups excluding carboxylic acids is 1. The fraction of sp³-hybridized carbons (Fsp3) is 0.500. The predicted molar refractivity (Wildman–Crippen MR) is 74.3 cm³/mol. The van der Waals surface area contributed by atoms with Gasteiger partial charge in [-0.2, -0.15) is 4.98 Å². The predicted octanol–water partition coefficient (Wildman–Crippen LogP) is 1.93. The molecule has 0 N–H and O–H groups in total. The Morgan fingerprint density at radius 2 is 2.05 bits per heavy atom. The van der Waals surface area contributed by atoms with Crippen molar-refractivity contribution in [1.82, 2.24) is 25.0 Å². The van der Waals surface area contributed by atoms with Crippen LogP contribution in [0.2, 0.25) is 0 Å². The van der Waals surface area contributed by atoms with Crippen molar-refractivity contribution in [3.8, 4) is 11.5 Å². The van der Waals surface area contributed by atoms with Gasteiger partial charge < -0.3 is 9.42 Å². The van der Waals surface area contributed by atoms with Crippen LogP contribution in [0, 0.1) is 0 Å². The zero-order valence-corrected chi connectivity index (χ0v) is 12.1. The Kier molecular flexibility index (Phi) is 3.64. The van der Waals surface area contributed by atoms with Crippen LogP contribution in [0.3, 0.4) is 0 Å². The Morgan fingerprint density at radius 3 is 2.71 bits per heavy atom. The molecule has 7 nitrogen and oxygen atoms in total. The third-order valence-corrected chi connectivity index (χ3v) is 3.83. The lowest BCUT2D eigenvalue weighted by Gasteiger charge is -2.38. The first-order valence-corrected chi connectivity index (χ1v) is 7.09. The smallest absolute Gasteiger partial charge is 0.316 e. The highest BCUT2D eigenvalue weighted by Crippen LogP contribution is 2.24. The van der Waals surface area contributed by atoms with E-state index in [-0.39, 0.29) is 29.7 Å². The minimum Gasteiger partial charge on any atom is -0.329 e. The Hall–Kier alpha value is -2.31. The molecule has 0 saturated carbocycles. The van der Waals surface area contributed by atoms with Gasteiger partial charge in [0.15, 0.2) is 0 Å². The topological polar surface area (TPSA) is 85.0 Å². The van der Waals surface area contributed by atoms with Crippen LogP contribution >= 0.6 is 0 Å². The summed E-state index contributed by atoms with van der Waals surface area (Å²) in [6, 6.07) is 0.376. The van der Waals surface area contributed by atoms with Crippen molar-refractivity contribution in [2.24, 2.45) is 0 Å². The zero-order valence-electron chi connectivity index (χ0n) is 12.1. The summed E-state index contributed by atoms with van der Waals surface area (Å²) in [5.74, 6) is 0.0809. The Balaban J connectivity index is 1.84. The van der Waals surface area contributed by atoms with Gasteiger partial charge >= 0.3 is 11.8 Å². The molecular formula is C14H17N5O2. The largest absolute Gasteiger partial charge is 0.329 e. The summed E-state index contributed by atoms with van der Waals surface area (Å²) in [7, 11) is 0. The molecule has 1 aliphatic heterocycles. The van der Waals surface area contributed by atoms with Gasteiger partial charge in [-0.25, -0.2) is 4.98 Å². The van der Waals surface area contributed by atoms with Gasteiger partial charge in [0, 0.05) is 24.5 Å². The average molecular weight is 287 g/mol. The highest BCUT2D eigenvalue weighted by atomic mass is 16.5. The minimum atomic E-state index is -0.211. The first kappa shape index (κ1) is 13.7. The number of hydrogen-bond donors (Lipinski definition) is 0. The molecule has 0 radical (unpaired) electrons. The molecular weight excluding hydrogens is 270 g/mol. The molecule has 0 spiro atoms. The van der Waals surface area contributed by atoms with Crippen molar-refractivity contribution < 1.29 is 9.32 Å². The maximum atomic E-state index is 12.6. The summed E-state index contributed by atoms with van der Waals surface area (Å²) in [6.45, 7) is 4.10. The maximum absolute atomic E-state index is 12.6. The lowest BCUT2D eigenvalue weighted by atomic mass is 9.97. The van der Waals surface area contributed by atoms with Gasteiger partial charge in [0.25, 0.3) is 0 Å². The number of rotatable bonds is 2. The van der Waals surface area contributed by atoms with Crippen LogP contribution in [0.15, 0.2) is 23.1 Å². The second-order valence-electron chi connectivity index (χ2n) is 5.36. The van der Waals surface area contributed by atoms with E-state index in [1.165, 1.54) is 6.20 Å². The molecule has 3 heterocycles. The van der Waals surface area contributed by atoms with Crippen LogP contribution in [0.4, 0.5) is 0 Å². The van der Waals surface area contributed by atoms with Crippen molar-refractivity contribution in [1.29, 1.82) is 0 Å². The molecule has 2 aromatic rings. The highest BCUT2D eigenvalue weighted by Gasteiger charge is 2.32. The molecule has 1 fully saturated rings. The molecule has 7 heteroatoms. The van der Waals surface area contributed by atoms with Gasteiger partial charge in [-0.1, -0.05) is 5.16 Å². The van der Waals surface area contributed by atoms with Crippen LogP contribution in [0.1, 0.15) is 43.8 Å². The minimum absolute atomic E-state index is 0.0104. The number of amides is 1. The van der Waals surface area contributed by atoms with Gasteiger partial charge in [-0.05, 0) is 33.1 Å². The normalized spacial score (nSPS) is 22.3. The number of piperidine rings is 1. The number of hydrogen-bond acceptors (Lipinski definition) is 6. The molecule has 1 amide bonds. The maximum Gasteiger partial charge on any atom is 0.316 e. The van der Waals surface area contributed by atoms with E-state index in [1.54, 1.807) is 12.4 Å². The number of nitrogens with zero attached hydrogens (tertiary/aromatic N) is 5. The summed E-state index contributed by atoms with van der Waals surface area (Å²) in [5.41, 5.74) is 0.486. The van der Waals surface area contributed by atoms with E-state index in [9.17, 15) is 4.79 Å². The Labute approximate surface area is 122 Å². The second-order valence-corrected chi connectivity index (χ2v) is 5.36. The molecule has 0 aromatic carbocycles. The van der Waals surface area contributed by atoms with Gasteiger partial charge in [0.2, 0.25) is 5.82 Å². The third-order valence-electron chi connectivity index (χ3n) is 3.83. The molecule has 21 heavy (non-hydrogen) atoms. The first-order valence-electron chi connectivity index (χ1n) is 7.09. The standard InChI is InChI=1S/C14H17N5O2/c1-9-4-3-5-10(2)19(9)14(20)13-17-12(18-21-13)11-8-15-6-7-16-11/h6-10H,3-5H2,1-2H3/t9-,10-/m1/s1. The van der Waals surface area contributed by atoms with Crippen molar-refractivity contribution in [3.63, 3.8) is 0 Å². The van der Waals surface area contributed by atoms with E-state index in [1.807, 2.05) is 18.7 Å². The Bertz CT molecular complexity index is 617. The van der Waals surface area contributed by atoms with E-state index in [0.717, 1.165) is 19.3 Å². The number of carbonyl (C=O) groups is 1. The van der Waals surface area contributed by atoms with Gasteiger partial charge in [-0.3, -0.25) is 9.78 Å². The number of aromatic nitrogens is 4. The van der Waals surface area contributed by atoms with Crippen LogP contribution in [-0.4, -0.2) is 43.0 Å². The van der Waals surface area contributed by atoms with Crippen LogP contribution < -0.4 is 0 Å². The van der Waals surface area contributed by atoms with E-state index < -0.39 is 0 Å². The summed E-state index contributed by atoms with van der Waals surface area (Å²) < 4.78 is 5.11. The van der Waals surface area contributed by atoms with E-state index in [0.29, 0.717) is 5.69 Å². The lowest BCUT2D eigenvalue weighted by Crippen LogP contribution is -2.47. The molecule has 1 saturated heterocycles. The molecule has 0 unspecified atom stereocenters. The quantitative estimate of drug-likeness (QED) is 0.839. The second kappa shape index (κ2) is 5.59. The molecule has 110 valence electrons. The molecule has 0 bridgehead atoms. The average Bonchev–Trinajstić information content (AvgIpc) is 2.97. The summed E-state index contributed by atoms with van der Waals surface area (Å²) in [4.78, 5) is 26.6. The Morgan fingerprint density at radius 1 is 1.29 bits per heavy atom. The van der Waals surface area contributed by atoms with Gasteiger partial charge in [-0.15, -0.1) is 0 Å². The molecule has 2 aromatic heterocycles. The van der Waals surface area contributed by atoms with Crippen molar-refractivity contribution in [2.45, 2.75) is 45.2 Å². The fourth-order valence-electron chi connectivity index (χ4n) is 2.76. The SMILES string of the molecule is C[C@@H]1CCC[C@@H](C)N1C(=O)c1nc(-c2cnccn2)no1. The van der Waals surface area contributed by atoms with Crippen molar-refractivity contribution in [2.75, 3.05) is 0 Å². The molecule has 0 aliphatic carbocycles. The summed E-state index contributed by atoms with van der Waals surface area (Å²) in [5, 5.41) is 3.82. The van der Waals surface area contributed by atoms with Crippen LogP contribution in [0.25, 0.3) is 11.5 Å². The first-order chi connectivity index (χ1) is 10.2. The zero-order chi connectivity index (χ0) is 14.8. The fourth-order valence-corrected chi connectivity index (χ4v) is 2.76. The van der Waals surface area contributed by atoms with Crippen molar-refractivity contribution in [3.05, 3.63) is 24.5 Å². The van der Waals surface area contributed by atoms with Crippen molar-refractivity contribution >= 4 is 5.91 Å². The molecule has 1 aliphatic rings. The van der Waals surface area contributed by atoms with E-state index in [4.69, 9.17) is 4.52 Å². The summed E-state index contributed by atoms with van der Waals surface area (Å²) >= 11 is 0. The van der Waals surface area contributed by atoms with E-state index in [2.05, 4.69) is 20.1 Å². The molecule has 2 atom stereocenters. The number of likely N-dealkylation sites (tertiary alicyclic amines) is 1. The van der Waals surface area contributed by atoms with Crippen LogP contribution in [0.5, 0.6) is 0 Å². The lowest BCUT2D eigenvalue weighted by molar-refractivity contribution is 0.0461. The molecule has 3 rings (SSSR count). The summed E-state index contributed by atoms with van der Waals surface area (Å²) in [6.07, 6.45) is 7.78. The third kappa shape index (κ3) is 2.63. The van der Waals surface area contributed by atoms with Gasteiger partial charge in [0.1, 0.15) is 5.69 Å². The monoisotopic (exact) mass is 287 g/mol. The van der Waals surface area contributed by atoms with E-state index >= 15 is 0 Å². The van der Waals surface area contributed by atoms with Crippen LogP contribution in [-0.2, 0) is 0 Å².